The third-order valence-corrected chi connectivity index (χ3v) is 4.30. The number of aliphatic carboxylic acids is 1. The lowest BCUT2D eigenvalue weighted by atomic mass is 9.80. The molecule has 6 heteroatoms. The van der Waals surface area contributed by atoms with Crippen LogP contribution in [0.1, 0.15) is 46.1 Å². The van der Waals surface area contributed by atoms with Gasteiger partial charge in [0.25, 0.3) is 0 Å². The molecule has 1 amide bonds. The fraction of sp³-hybridized carbons (Fsp3) is 0.625. The Kier molecular flexibility index (Phi) is 6.41. The molecule has 0 aromatic carbocycles. The van der Waals surface area contributed by atoms with Crippen molar-refractivity contribution in [3.05, 3.63) is 22.4 Å². The standard InChI is InChI=1S/C16H25NO4S/c1-5-16(13(18)19,8-6-12-7-9-22-10-12)11-17-14(20)21-15(2,3)4/h7,9-10H,5-6,8,11H2,1-4H3,(H,17,20)(H,18,19). The molecule has 5 nitrogen and oxygen atoms in total. The van der Waals surface area contributed by atoms with Crippen molar-refractivity contribution in [1.29, 1.82) is 0 Å². The van der Waals surface area contributed by atoms with Gasteiger partial charge in [-0.15, -0.1) is 0 Å². The second kappa shape index (κ2) is 7.63. The molecular formula is C16H25NO4S. The number of carbonyl (C=O) groups excluding carboxylic acids is 1. The topological polar surface area (TPSA) is 75.6 Å². The quantitative estimate of drug-likeness (QED) is 0.801. The smallest absolute Gasteiger partial charge is 0.407 e. The van der Waals surface area contributed by atoms with Gasteiger partial charge in [0.15, 0.2) is 0 Å². The van der Waals surface area contributed by atoms with E-state index in [0.717, 1.165) is 5.56 Å². The molecule has 2 N–H and O–H groups in total. The molecule has 1 heterocycles. The van der Waals surface area contributed by atoms with Crippen molar-refractivity contribution in [2.24, 2.45) is 5.41 Å². The van der Waals surface area contributed by atoms with Crippen LogP contribution in [0.4, 0.5) is 4.79 Å². The lowest BCUT2D eigenvalue weighted by molar-refractivity contribution is -0.149. The van der Waals surface area contributed by atoms with Gasteiger partial charge in [0.05, 0.1) is 5.41 Å². The van der Waals surface area contributed by atoms with Crippen molar-refractivity contribution in [3.8, 4) is 0 Å². The molecule has 1 aromatic rings. The Morgan fingerprint density at radius 1 is 1.36 bits per heavy atom. The number of alkyl carbamates (subject to hydrolysis) is 1. The predicted octanol–water partition coefficient (Wildman–Crippen LogP) is 3.69. The monoisotopic (exact) mass is 327 g/mol. The van der Waals surface area contributed by atoms with Gasteiger partial charge in [-0.25, -0.2) is 4.79 Å². The number of nitrogens with one attached hydrogen (secondary N) is 1. The van der Waals surface area contributed by atoms with Gasteiger partial charge in [0.1, 0.15) is 5.60 Å². The number of thiophene rings is 1. The van der Waals surface area contributed by atoms with E-state index in [1.807, 2.05) is 23.8 Å². The highest BCUT2D eigenvalue weighted by Crippen LogP contribution is 2.29. The maximum absolute atomic E-state index is 11.8. The number of ether oxygens (including phenoxy) is 1. The Balaban J connectivity index is 2.67. The van der Waals surface area contributed by atoms with Crippen LogP contribution < -0.4 is 5.32 Å². The SMILES string of the molecule is CCC(CCc1ccsc1)(CNC(=O)OC(C)(C)C)C(=O)O. The third-order valence-electron chi connectivity index (χ3n) is 3.57. The van der Waals surface area contributed by atoms with Crippen molar-refractivity contribution < 1.29 is 19.4 Å². The average molecular weight is 327 g/mol. The van der Waals surface area contributed by atoms with Gasteiger partial charge in [-0.1, -0.05) is 6.92 Å². The van der Waals surface area contributed by atoms with E-state index in [2.05, 4.69) is 5.32 Å². The Morgan fingerprint density at radius 2 is 2.05 bits per heavy atom. The summed E-state index contributed by atoms with van der Waals surface area (Å²) in [5, 5.41) is 16.2. The Morgan fingerprint density at radius 3 is 2.50 bits per heavy atom. The van der Waals surface area contributed by atoms with Gasteiger partial charge in [0, 0.05) is 6.54 Å². The number of carbonyl (C=O) groups is 2. The molecule has 0 radical (unpaired) electrons. The summed E-state index contributed by atoms with van der Waals surface area (Å²) in [5.74, 6) is -0.888. The van der Waals surface area contributed by atoms with Crippen molar-refractivity contribution in [1.82, 2.24) is 5.32 Å². The molecule has 0 bridgehead atoms. The van der Waals surface area contributed by atoms with Crippen LogP contribution in [0.3, 0.4) is 0 Å². The summed E-state index contributed by atoms with van der Waals surface area (Å²) in [6, 6.07) is 1.99. The first-order chi connectivity index (χ1) is 10.2. The fourth-order valence-electron chi connectivity index (χ4n) is 2.10. The Labute approximate surface area is 135 Å². The largest absolute Gasteiger partial charge is 0.481 e. The second-order valence-electron chi connectivity index (χ2n) is 6.43. The molecule has 0 aliphatic carbocycles. The van der Waals surface area contributed by atoms with Crippen LogP contribution in [0.2, 0.25) is 0 Å². The van der Waals surface area contributed by atoms with Crippen molar-refractivity contribution in [2.45, 2.75) is 52.6 Å². The van der Waals surface area contributed by atoms with E-state index in [1.165, 1.54) is 0 Å². The summed E-state index contributed by atoms with van der Waals surface area (Å²) < 4.78 is 5.17. The van der Waals surface area contributed by atoms with Crippen LogP contribution in [0, 0.1) is 5.41 Å². The molecule has 0 saturated carbocycles. The maximum atomic E-state index is 11.8. The minimum Gasteiger partial charge on any atom is -0.481 e. The molecule has 1 atom stereocenters. The first-order valence-electron chi connectivity index (χ1n) is 7.40. The molecule has 0 saturated heterocycles. The number of aryl methyl sites for hydroxylation is 1. The highest BCUT2D eigenvalue weighted by atomic mass is 32.1. The van der Waals surface area contributed by atoms with Gasteiger partial charge in [-0.05, 0) is 62.4 Å². The lowest BCUT2D eigenvalue weighted by Crippen LogP contribution is -2.44. The molecule has 22 heavy (non-hydrogen) atoms. The van der Waals surface area contributed by atoms with E-state index in [4.69, 9.17) is 4.74 Å². The van der Waals surface area contributed by atoms with Crippen LogP contribution in [0.5, 0.6) is 0 Å². The van der Waals surface area contributed by atoms with Crippen LogP contribution >= 0.6 is 11.3 Å². The molecule has 0 fully saturated rings. The summed E-state index contributed by atoms with van der Waals surface area (Å²) in [7, 11) is 0. The molecule has 0 aliphatic heterocycles. The summed E-state index contributed by atoms with van der Waals surface area (Å²) in [5.41, 5.74) is -0.445. The number of hydrogen-bond donors (Lipinski definition) is 2. The molecule has 124 valence electrons. The van der Waals surface area contributed by atoms with Gasteiger partial charge >= 0.3 is 12.1 Å². The Hall–Kier alpha value is -1.56. The van der Waals surface area contributed by atoms with Crippen molar-refractivity contribution in [2.75, 3.05) is 6.54 Å². The summed E-state index contributed by atoms with van der Waals surface area (Å²) in [6.45, 7) is 7.21. The van der Waals surface area contributed by atoms with E-state index in [0.29, 0.717) is 19.3 Å². The predicted molar refractivity (Wildman–Crippen MR) is 87.2 cm³/mol. The zero-order valence-corrected chi connectivity index (χ0v) is 14.5. The van der Waals surface area contributed by atoms with Crippen LogP contribution in [-0.2, 0) is 16.0 Å². The summed E-state index contributed by atoms with van der Waals surface area (Å²) in [6.07, 6.45) is 1.02. The molecule has 0 aliphatic rings. The van der Waals surface area contributed by atoms with Gasteiger partial charge in [0.2, 0.25) is 0 Å². The average Bonchev–Trinajstić information content (AvgIpc) is 2.90. The van der Waals surface area contributed by atoms with E-state index in [-0.39, 0.29) is 6.54 Å². The molecular weight excluding hydrogens is 302 g/mol. The van der Waals surface area contributed by atoms with Gasteiger partial charge in [-0.2, -0.15) is 11.3 Å². The first kappa shape index (κ1) is 18.5. The Bertz CT molecular complexity index is 493. The van der Waals surface area contributed by atoms with E-state index in [1.54, 1.807) is 32.1 Å². The minimum atomic E-state index is -0.973. The van der Waals surface area contributed by atoms with Crippen LogP contribution in [0.25, 0.3) is 0 Å². The molecule has 0 spiro atoms. The third kappa shape index (κ3) is 5.67. The summed E-state index contributed by atoms with van der Waals surface area (Å²) >= 11 is 1.59. The zero-order valence-electron chi connectivity index (χ0n) is 13.6. The van der Waals surface area contributed by atoms with E-state index >= 15 is 0 Å². The first-order valence-corrected chi connectivity index (χ1v) is 8.34. The number of rotatable bonds is 7. The van der Waals surface area contributed by atoms with Crippen molar-refractivity contribution >= 4 is 23.4 Å². The minimum absolute atomic E-state index is 0.0673. The lowest BCUT2D eigenvalue weighted by Gasteiger charge is -2.29. The van der Waals surface area contributed by atoms with Crippen LogP contribution in [0.15, 0.2) is 16.8 Å². The van der Waals surface area contributed by atoms with E-state index in [9.17, 15) is 14.7 Å². The molecule has 1 aromatic heterocycles. The number of carboxylic acids is 1. The van der Waals surface area contributed by atoms with Crippen LogP contribution in [-0.4, -0.2) is 29.3 Å². The highest BCUT2D eigenvalue weighted by molar-refractivity contribution is 7.07. The number of hydrogen-bond acceptors (Lipinski definition) is 4. The molecule has 1 unspecified atom stereocenters. The number of carboxylic acid groups (broad SMARTS) is 1. The molecule has 1 rings (SSSR count). The second-order valence-corrected chi connectivity index (χ2v) is 7.21. The maximum Gasteiger partial charge on any atom is 0.407 e. The normalized spacial score (nSPS) is 14.2. The van der Waals surface area contributed by atoms with Gasteiger partial charge < -0.3 is 15.2 Å². The zero-order chi connectivity index (χ0) is 16.8. The van der Waals surface area contributed by atoms with Gasteiger partial charge in [-0.3, -0.25) is 4.79 Å². The van der Waals surface area contributed by atoms with E-state index < -0.39 is 23.1 Å². The summed E-state index contributed by atoms with van der Waals surface area (Å²) in [4.78, 5) is 23.5. The fourth-order valence-corrected chi connectivity index (χ4v) is 2.80. The van der Waals surface area contributed by atoms with Crippen molar-refractivity contribution in [3.63, 3.8) is 0 Å². The number of amides is 1. The highest BCUT2D eigenvalue weighted by Gasteiger charge is 2.37.